The average Bonchev–Trinajstić information content (AvgIpc) is 2.91. The Morgan fingerprint density at radius 1 is 0.913 bits per heavy atom. The summed E-state index contributed by atoms with van der Waals surface area (Å²) in [5.41, 5.74) is 4.81. The molecule has 0 spiro atoms. The maximum atomic E-state index is 3.85. The molecule has 120 valence electrons. The minimum Gasteiger partial charge on any atom is -1.00 e. The van der Waals surface area contributed by atoms with Crippen molar-refractivity contribution in [1.82, 2.24) is 4.98 Å². The molecule has 0 radical (unpaired) electrons. The summed E-state index contributed by atoms with van der Waals surface area (Å²) in [6.07, 6.45) is 4.66. The van der Waals surface area contributed by atoms with E-state index in [2.05, 4.69) is 84.8 Å². The second-order valence-electron chi connectivity index (χ2n) is 6.03. The first-order valence-electron chi connectivity index (χ1n) is 7.23. The Kier molecular flexibility index (Phi) is 9.68. The molecule has 1 unspecified atom stereocenters. The quantitative estimate of drug-likeness (QED) is 0.609. The zero-order valence-corrected chi connectivity index (χ0v) is 17.5. The van der Waals surface area contributed by atoms with Crippen molar-refractivity contribution in [3.05, 3.63) is 77.4 Å². The first-order chi connectivity index (χ1) is 9.67. The summed E-state index contributed by atoms with van der Waals surface area (Å²) in [5.74, 6) is 0. The maximum absolute atomic E-state index is 3.85. The van der Waals surface area contributed by atoms with Crippen molar-refractivity contribution < 1.29 is 46.5 Å². The van der Waals surface area contributed by atoms with Crippen LogP contribution in [0.5, 0.6) is 0 Å². The van der Waals surface area contributed by atoms with Crippen LogP contribution in [-0.4, -0.2) is 8.24 Å². The topological polar surface area (TPSA) is 12.0 Å². The second kappa shape index (κ2) is 9.83. The van der Waals surface area contributed by atoms with E-state index in [1.165, 1.54) is 16.7 Å². The van der Waals surface area contributed by atoms with Gasteiger partial charge in [-0.05, 0) is 16.7 Å². The van der Waals surface area contributed by atoms with Gasteiger partial charge in [0.05, 0.1) is 0 Å². The van der Waals surface area contributed by atoms with Crippen LogP contribution < -0.4 is 29.8 Å². The van der Waals surface area contributed by atoms with Crippen molar-refractivity contribution in [3.63, 3.8) is 0 Å². The van der Waals surface area contributed by atoms with Gasteiger partial charge in [0.15, 0.2) is 0 Å². The Hall–Kier alpha value is -0.349. The summed E-state index contributed by atoms with van der Waals surface area (Å²) in [4.78, 5) is 3.85. The summed E-state index contributed by atoms with van der Waals surface area (Å²) in [7, 11) is -1.54. The van der Waals surface area contributed by atoms with Crippen molar-refractivity contribution in [2.75, 3.05) is 0 Å². The third-order valence-corrected chi connectivity index (χ3v) is 7.31. The van der Waals surface area contributed by atoms with Gasteiger partial charge >= 0.3 is 21.7 Å². The van der Waals surface area contributed by atoms with Crippen molar-refractivity contribution in [1.29, 1.82) is 0 Å². The summed E-state index contributed by atoms with van der Waals surface area (Å²) in [6, 6.07) is 19.4. The molecule has 23 heavy (non-hydrogen) atoms. The van der Waals surface area contributed by atoms with Gasteiger partial charge in [-0.1, -0.05) is 79.8 Å². The minimum atomic E-state index is -1.54. The van der Waals surface area contributed by atoms with Crippen LogP contribution in [0.1, 0.15) is 22.2 Å². The van der Waals surface area contributed by atoms with Crippen LogP contribution in [0.25, 0.3) is 6.08 Å². The molecule has 1 N–H and O–H groups in total. The third kappa shape index (κ3) is 5.32. The van der Waals surface area contributed by atoms with E-state index in [4.69, 9.17) is 0 Å². The van der Waals surface area contributed by atoms with Gasteiger partial charge in [0, 0.05) is 12.1 Å². The monoisotopic (exact) mass is 397 g/mol. The van der Waals surface area contributed by atoms with Crippen molar-refractivity contribution in [2.45, 2.75) is 25.2 Å². The Bertz CT molecular complexity index is 632. The Morgan fingerprint density at radius 3 is 2.22 bits per heavy atom. The van der Waals surface area contributed by atoms with E-state index in [0.29, 0.717) is 5.54 Å². The largest absolute Gasteiger partial charge is 2.00 e. The molecule has 0 aromatic heterocycles. The standard InChI is InChI=1S/C18H21NSi.2ClH.Ti/c1-20(2,19-14-15-8-4-3-5-9-15)18-13-12-16-10-6-7-11-17(16)18;;;/h3-13,18-19H,14H2,1-2H3;2*1H;/q;;;+2/p-2. The maximum Gasteiger partial charge on any atom is 2.00 e. The average molecular weight is 398 g/mol. The molecule has 5 heteroatoms. The first kappa shape index (κ1) is 22.7. The van der Waals surface area contributed by atoms with Gasteiger partial charge in [0.2, 0.25) is 0 Å². The van der Waals surface area contributed by atoms with E-state index in [0.717, 1.165) is 6.54 Å². The Morgan fingerprint density at radius 2 is 1.52 bits per heavy atom. The molecule has 0 saturated heterocycles. The molecule has 3 rings (SSSR count). The van der Waals surface area contributed by atoms with E-state index in [1.807, 2.05) is 0 Å². The predicted molar refractivity (Wildman–Crippen MR) is 89.0 cm³/mol. The number of nitrogens with one attached hydrogen (secondary N) is 1. The van der Waals surface area contributed by atoms with Crippen LogP contribution >= 0.6 is 0 Å². The zero-order chi connectivity index (χ0) is 14.0. The molecular weight excluding hydrogens is 377 g/mol. The fraction of sp³-hybridized carbons (Fsp3) is 0.222. The van der Waals surface area contributed by atoms with Crippen LogP contribution in [0.2, 0.25) is 13.1 Å². The molecule has 0 bridgehead atoms. The molecule has 1 aliphatic rings. The smallest absolute Gasteiger partial charge is 1.00 e. The molecule has 1 aliphatic carbocycles. The van der Waals surface area contributed by atoms with Gasteiger partial charge in [0.1, 0.15) is 8.24 Å². The van der Waals surface area contributed by atoms with Crippen molar-refractivity contribution in [3.8, 4) is 0 Å². The molecule has 2 aromatic rings. The van der Waals surface area contributed by atoms with Gasteiger partial charge in [-0.3, -0.25) is 0 Å². The van der Waals surface area contributed by atoms with Crippen LogP contribution in [0.15, 0.2) is 60.7 Å². The van der Waals surface area contributed by atoms with E-state index in [9.17, 15) is 0 Å². The molecule has 0 heterocycles. The summed E-state index contributed by atoms with van der Waals surface area (Å²) in [5, 5.41) is 0. The predicted octanol–water partition coefficient (Wildman–Crippen LogP) is -1.66. The number of rotatable bonds is 4. The van der Waals surface area contributed by atoms with Gasteiger partial charge in [-0.25, -0.2) is 0 Å². The number of halogens is 2. The fourth-order valence-electron chi connectivity index (χ4n) is 2.91. The molecule has 1 nitrogen and oxygen atoms in total. The number of benzene rings is 2. The summed E-state index contributed by atoms with van der Waals surface area (Å²) >= 11 is 0. The zero-order valence-electron chi connectivity index (χ0n) is 13.4. The molecular formula is C18H21Cl2NSiTi. The molecule has 0 aliphatic heterocycles. The second-order valence-corrected chi connectivity index (χ2v) is 10.4. The summed E-state index contributed by atoms with van der Waals surface area (Å²) in [6.45, 7) is 5.81. The van der Waals surface area contributed by atoms with Gasteiger partial charge in [-0.2, -0.15) is 0 Å². The van der Waals surface area contributed by atoms with E-state index >= 15 is 0 Å². The molecule has 2 aromatic carbocycles. The molecule has 0 fully saturated rings. The van der Waals surface area contributed by atoms with Gasteiger partial charge in [-0.15, -0.1) is 0 Å². The number of allylic oxidation sites excluding steroid dienone is 1. The third-order valence-electron chi connectivity index (χ3n) is 4.17. The fourth-order valence-corrected chi connectivity index (χ4v) is 5.41. The van der Waals surface area contributed by atoms with E-state index < -0.39 is 8.24 Å². The van der Waals surface area contributed by atoms with Crippen LogP contribution in [0.3, 0.4) is 0 Å². The van der Waals surface area contributed by atoms with Gasteiger partial charge in [0.25, 0.3) is 0 Å². The van der Waals surface area contributed by atoms with E-state index in [1.54, 1.807) is 0 Å². The molecule has 1 atom stereocenters. The number of fused-ring (bicyclic) bond motifs is 1. The number of hydrogen-bond donors (Lipinski definition) is 1. The van der Waals surface area contributed by atoms with Crippen LogP contribution in [0.4, 0.5) is 0 Å². The van der Waals surface area contributed by atoms with Crippen LogP contribution in [-0.2, 0) is 28.3 Å². The van der Waals surface area contributed by atoms with Crippen LogP contribution in [0, 0.1) is 0 Å². The van der Waals surface area contributed by atoms with Crippen molar-refractivity contribution >= 4 is 14.3 Å². The Balaban J connectivity index is 0.00000161. The van der Waals surface area contributed by atoms with Gasteiger partial charge < -0.3 is 29.8 Å². The minimum absolute atomic E-state index is 0. The first-order valence-corrected chi connectivity index (χ1v) is 10.3. The normalized spacial score (nSPS) is 15.0. The SMILES string of the molecule is C[Si](C)(NCc1ccccc1)C1C=Cc2ccccc21.[Cl-].[Cl-].[Ti+2]. The molecule has 0 saturated carbocycles. The number of hydrogen-bond acceptors (Lipinski definition) is 1. The van der Waals surface area contributed by atoms with Crippen molar-refractivity contribution in [2.24, 2.45) is 0 Å². The molecule has 0 amide bonds. The summed E-state index contributed by atoms with van der Waals surface area (Å²) < 4.78 is 0. The Labute approximate surface area is 167 Å². The van der Waals surface area contributed by atoms with E-state index in [-0.39, 0.29) is 46.5 Å².